The minimum Gasteiger partial charge on any atom is -0.378 e. The van der Waals surface area contributed by atoms with E-state index in [1.165, 1.54) is 17.8 Å². The Hall–Kier alpha value is -2.72. The molecular weight excluding hydrogens is 431 g/mol. The van der Waals surface area contributed by atoms with Gasteiger partial charge in [-0.3, -0.25) is 9.59 Å². The van der Waals surface area contributed by atoms with Crippen LogP contribution in [-0.2, 0) is 20.5 Å². The second-order valence-corrected chi connectivity index (χ2v) is 8.42. The summed E-state index contributed by atoms with van der Waals surface area (Å²) in [6.07, 6.45) is -4.70. The fourth-order valence-corrected chi connectivity index (χ4v) is 4.60. The molecule has 2 aliphatic heterocycles. The summed E-state index contributed by atoms with van der Waals surface area (Å²) in [4.78, 5) is 27.8. The second-order valence-electron chi connectivity index (χ2n) is 7.17. The van der Waals surface area contributed by atoms with Gasteiger partial charge in [-0.05, 0) is 30.3 Å². The maximum absolute atomic E-state index is 13.2. The third-order valence-corrected chi connectivity index (χ3v) is 6.30. The first kappa shape index (κ1) is 21.5. The molecule has 4 rings (SSSR count). The van der Waals surface area contributed by atoms with Crippen molar-refractivity contribution in [2.24, 2.45) is 0 Å². The van der Waals surface area contributed by atoms with Gasteiger partial charge in [0.05, 0.1) is 41.1 Å². The molecule has 2 heterocycles. The lowest BCUT2D eigenvalue weighted by Crippen LogP contribution is -2.37. The van der Waals surface area contributed by atoms with Gasteiger partial charge in [0.25, 0.3) is 0 Å². The van der Waals surface area contributed by atoms with Gasteiger partial charge in [0.2, 0.25) is 11.8 Å². The number of rotatable bonds is 4. The van der Waals surface area contributed by atoms with Crippen LogP contribution in [-0.4, -0.2) is 43.4 Å². The molecule has 1 fully saturated rings. The van der Waals surface area contributed by atoms with Crippen molar-refractivity contribution in [3.63, 3.8) is 0 Å². The van der Waals surface area contributed by atoms with Crippen LogP contribution in [0.15, 0.2) is 47.4 Å². The molecule has 1 unspecified atom stereocenters. The molecule has 31 heavy (non-hydrogen) atoms. The lowest BCUT2D eigenvalue weighted by molar-refractivity contribution is -0.137. The molecule has 2 aromatic rings. The third-order valence-electron chi connectivity index (χ3n) is 5.03. The Morgan fingerprint density at radius 3 is 2.68 bits per heavy atom. The normalized spacial score (nSPS) is 18.9. The van der Waals surface area contributed by atoms with Crippen molar-refractivity contribution >= 4 is 40.6 Å². The molecule has 0 aromatic heterocycles. The number of carbonyl (C=O) groups excluding carboxylic acids is 2. The summed E-state index contributed by atoms with van der Waals surface area (Å²) in [6.45, 7) is 1.91. The van der Waals surface area contributed by atoms with E-state index in [1.54, 1.807) is 12.1 Å². The summed E-state index contributed by atoms with van der Waals surface area (Å²) < 4.78 is 45.0. The number of alkyl halides is 3. The average molecular weight is 451 g/mol. The highest BCUT2D eigenvalue weighted by Crippen LogP contribution is 2.38. The van der Waals surface area contributed by atoms with Crippen LogP contribution >= 0.6 is 11.8 Å². The minimum atomic E-state index is -4.54. The Morgan fingerprint density at radius 2 is 1.94 bits per heavy atom. The molecule has 0 radical (unpaired) electrons. The highest BCUT2D eigenvalue weighted by molar-refractivity contribution is 8.01. The van der Waals surface area contributed by atoms with E-state index in [0.717, 1.165) is 17.0 Å². The first-order valence-electron chi connectivity index (χ1n) is 9.71. The molecule has 1 saturated heterocycles. The second kappa shape index (κ2) is 8.80. The Bertz CT molecular complexity index is 993. The van der Waals surface area contributed by atoms with Crippen molar-refractivity contribution in [2.75, 3.05) is 41.8 Å². The van der Waals surface area contributed by atoms with Crippen LogP contribution in [0.1, 0.15) is 12.0 Å². The van der Waals surface area contributed by atoms with Crippen molar-refractivity contribution in [2.45, 2.75) is 22.7 Å². The van der Waals surface area contributed by atoms with E-state index >= 15 is 0 Å². The van der Waals surface area contributed by atoms with E-state index in [4.69, 9.17) is 4.74 Å². The van der Waals surface area contributed by atoms with Gasteiger partial charge in [0.15, 0.2) is 0 Å². The number of ether oxygens (including phenoxy) is 1. The molecule has 2 aromatic carbocycles. The molecule has 6 nitrogen and oxygen atoms in total. The van der Waals surface area contributed by atoms with Crippen molar-refractivity contribution in [1.29, 1.82) is 0 Å². The number of nitrogens with one attached hydrogen (secondary N) is 2. The number of anilines is 3. The van der Waals surface area contributed by atoms with E-state index in [0.29, 0.717) is 37.7 Å². The van der Waals surface area contributed by atoms with Gasteiger partial charge in [-0.15, -0.1) is 11.8 Å². The Labute approximate surface area is 181 Å². The van der Waals surface area contributed by atoms with Crippen LogP contribution in [0.2, 0.25) is 0 Å². The quantitative estimate of drug-likeness (QED) is 0.736. The SMILES string of the molecule is O=C(CC1Sc2ccccc2NC1=O)Nc1cc(C(F)(F)F)ccc1N1CCOCC1. The van der Waals surface area contributed by atoms with Gasteiger partial charge in [0.1, 0.15) is 0 Å². The Morgan fingerprint density at radius 1 is 1.19 bits per heavy atom. The van der Waals surface area contributed by atoms with Gasteiger partial charge >= 0.3 is 6.18 Å². The standard InChI is InChI=1S/C21H20F3N3O3S/c22-21(23,24)13-5-6-16(27-7-9-30-10-8-27)15(11-13)25-19(28)12-18-20(29)26-14-3-1-2-4-17(14)31-18/h1-6,11,18H,7-10,12H2,(H,25,28)(H,26,29). The van der Waals surface area contributed by atoms with Crippen molar-refractivity contribution in [1.82, 2.24) is 0 Å². The zero-order valence-corrected chi connectivity index (χ0v) is 17.2. The number of hydrogen-bond donors (Lipinski definition) is 2. The number of fused-ring (bicyclic) bond motifs is 1. The number of halogens is 3. The van der Waals surface area contributed by atoms with E-state index in [1.807, 2.05) is 17.0 Å². The molecule has 2 amide bonds. The Kier molecular flexibility index (Phi) is 6.10. The number of para-hydroxylation sites is 1. The predicted octanol–water partition coefficient (Wildman–Crippen LogP) is 3.98. The van der Waals surface area contributed by atoms with E-state index < -0.39 is 22.9 Å². The van der Waals surface area contributed by atoms with Gasteiger partial charge in [-0.25, -0.2) is 0 Å². The molecule has 1 atom stereocenters. The monoisotopic (exact) mass is 451 g/mol. The third kappa shape index (κ3) is 4.96. The number of amides is 2. The fourth-order valence-electron chi connectivity index (χ4n) is 3.49. The van der Waals surface area contributed by atoms with E-state index in [9.17, 15) is 22.8 Å². The summed E-state index contributed by atoms with van der Waals surface area (Å²) in [6, 6.07) is 10.5. The fraction of sp³-hybridized carbons (Fsp3) is 0.333. The number of hydrogen-bond acceptors (Lipinski definition) is 5. The molecule has 0 spiro atoms. The van der Waals surface area contributed by atoms with Crippen LogP contribution in [0.25, 0.3) is 0 Å². The molecule has 0 aliphatic carbocycles. The first-order chi connectivity index (χ1) is 14.8. The smallest absolute Gasteiger partial charge is 0.378 e. The molecule has 2 aliphatic rings. The highest BCUT2D eigenvalue weighted by Gasteiger charge is 2.33. The number of benzene rings is 2. The van der Waals surface area contributed by atoms with Gasteiger partial charge in [-0.1, -0.05) is 12.1 Å². The van der Waals surface area contributed by atoms with Crippen molar-refractivity contribution < 1.29 is 27.5 Å². The van der Waals surface area contributed by atoms with E-state index in [-0.39, 0.29) is 18.0 Å². The van der Waals surface area contributed by atoms with Crippen LogP contribution < -0.4 is 15.5 Å². The summed E-state index contributed by atoms with van der Waals surface area (Å²) in [7, 11) is 0. The zero-order valence-electron chi connectivity index (χ0n) is 16.4. The number of nitrogens with zero attached hydrogens (tertiary/aromatic N) is 1. The van der Waals surface area contributed by atoms with Crippen LogP contribution in [0.4, 0.5) is 30.2 Å². The van der Waals surface area contributed by atoms with Gasteiger partial charge < -0.3 is 20.3 Å². The largest absolute Gasteiger partial charge is 0.416 e. The van der Waals surface area contributed by atoms with Crippen LogP contribution in [0.3, 0.4) is 0 Å². The molecule has 10 heteroatoms. The topological polar surface area (TPSA) is 70.7 Å². The predicted molar refractivity (Wildman–Crippen MR) is 112 cm³/mol. The van der Waals surface area contributed by atoms with Crippen molar-refractivity contribution in [3.05, 3.63) is 48.0 Å². The van der Waals surface area contributed by atoms with Crippen molar-refractivity contribution in [3.8, 4) is 0 Å². The summed E-state index contributed by atoms with van der Waals surface area (Å²) in [5.41, 5.74) is 0.402. The maximum Gasteiger partial charge on any atom is 0.416 e. The van der Waals surface area contributed by atoms with Gasteiger partial charge in [0, 0.05) is 24.4 Å². The summed E-state index contributed by atoms with van der Waals surface area (Å²) in [5.74, 6) is -0.836. The van der Waals surface area contributed by atoms with Crippen LogP contribution in [0, 0.1) is 0 Å². The lowest BCUT2D eigenvalue weighted by atomic mass is 10.1. The Balaban J connectivity index is 1.53. The first-order valence-corrected chi connectivity index (χ1v) is 10.6. The number of carbonyl (C=O) groups is 2. The maximum atomic E-state index is 13.2. The summed E-state index contributed by atoms with van der Waals surface area (Å²) >= 11 is 1.26. The number of morpholine rings is 1. The molecule has 0 bridgehead atoms. The minimum absolute atomic E-state index is 0.0725. The van der Waals surface area contributed by atoms with Crippen LogP contribution in [0.5, 0.6) is 0 Å². The van der Waals surface area contributed by atoms with E-state index in [2.05, 4.69) is 10.6 Å². The average Bonchev–Trinajstić information content (AvgIpc) is 2.74. The number of thioether (sulfide) groups is 1. The zero-order chi connectivity index (χ0) is 22.0. The van der Waals surface area contributed by atoms with Gasteiger partial charge in [-0.2, -0.15) is 13.2 Å². The molecule has 0 saturated carbocycles. The highest BCUT2D eigenvalue weighted by atomic mass is 32.2. The molecule has 164 valence electrons. The molecular formula is C21H20F3N3O3S. The lowest BCUT2D eigenvalue weighted by Gasteiger charge is -2.31. The molecule has 2 N–H and O–H groups in total. The summed E-state index contributed by atoms with van der Waals surface area (Å²) in [5, 5.41) is 4.68.